The molecule has 0 bridgehead atoms. The summed E-state index contributed by atoms with van der Waals surface area (Å²) in [5.74, 6) is 0. The van der Waals surface area contributed by atoms with Crippen LogP contribution in [0.4, 0.5) is 0 Å². The van der Waals surface area contributed by atoms with Gasteiger partial charge in [-0.25, -0.2) is 0 Å². The van der Waals surface area contributed by atoms with Crippen molar-refractivity contribution in [2.24, 2.45) is 0 Å². The Kier molecular flexibility index (Phi) is 5.63. The SMILES string of the molecule is Cc1c2c(=O)n(C(c3ccccc3)c3ccccc3)c(=O)c2c(C)c2c(=O)n(-n3c(=O)c4cc5c(=O)[nH]c(=O)c5cc4c3=O)c(=O)c12. The molecule has 12 heteroatoms. The Morgan fingerprint density at radius 1 is 0.468 bits per heavy atom. The van der Waals surface area contributed by atoms with E-state index in [0.717, 1.165) is 16.7 Å². The van der Waals surface area contributed by atoms with Crippen LogP contribution in [0.5, 0.6) is 0 Å². The van der Waals surface area contributed by atoms with Crippen LogP contribution >= 0.6 is 0 Å². The molecule has 0 aliphatic rings. The van der Waals surface area contributed by atoms with Gasteiger partial charge in [-0.2, -0.15) is 9.35 Å². The van der Waals surface area contributed by atoms with Crippen molar-refractivity contribution < 1.29 is 0 Å². The molecule has 8 rings (SSSR count). The second-order valence-electron chi connectivity index (χ2n) is 11.5. The van der Waals surface area contributed by atoms with Crippen LogP contribution in [-0.4, -0.2) is 18.9 Å². The van der Waals surface area contributed by atoms with Gasteiger partial charge in [0.25, 0.3) is 44.5 Å². The fourth-order valence-electron chi connectivity index (χ4n) is 6.95. The molecule has 0 aliphatic heterocycles. The average Bonchev–Trinajstić information content (AvgIpc) is 3.68. The summed E-state index contributed by atoms with van der Waals surface area (Å²) in [5.41, 5.74) is -5.55. The zero-order valence-corrected chi connectivity index (χ0v) is 24.6. The van der Waals surface area contributed by atoms with E-state index in [2.05, 4.69) is 4.98 Å². The lowest BCUT2D eigenvalue weighted by Gasteiger charge is -2.18. The second kappa shape index (κ2) is 9.47. The van der Waals surface area contributed by atoms with Crippen molar-refractivity contribution in [3.63, 3.8) is 0 Å². The number of aryl methyl sites for hydroxylation is 2. The molecule has 4 heterocycles. The molecule has 0 saturated heterocycles. The van der Waals surface area contributed by atoms with Crippen LogP contribution in [0.15, 0.2) is 111 Å². The average molecular weight is 625 g/mol. The first-order chi connectivity index (χ1) is 22.5. The number of nitrogens with one attached hydrogen (secondary N) is 1. The molecular weight excluding hydrogens is 604 g/mol. The Bertz CT molecular complexity index is 2890. The van der Waals surface area contributed by atoms with Gasteiger partial charge in [0.15, 0.2) is 0 Å². The maximum absolute atomic E-state index is 14.2. The Morgan fingerprint density at radius 2 is 0.830 bits per heavy atom. The van der Waals surface area contributed by atoms with Crippen molar-refractivity contribution in [1.29, 1.82) is 0 Å². The van der Waals surface area contributed by atoms with E-state index in [0.29, 0.717) is 20.5 Å². The van der Waals surface area contributed by atoms with Crippen LogP contribution in [-0.2, 0) is 0 Å². The Morgan fingerprint density at radius 3 is 1.23 bits per heavy atom. The van der Waals surface area contributed by atoms with E-state index < -0.39 is 50.5 Å². The molecule has 0 fully saturated rings. The molecule has 0 radical (unpaired) electrons. The molecular formula is C35H20N4O8. The third kappa shape index (κ3) is 3.51. The summed E-state index contributed by atoms with van der Waals surface area (Å²) >= 11 is 0. The Balaban J connectivity index is 1.46. The topological polar surface area (TPSA) is 167 Å². The first-order valence-corrected chi connectivity index (χ1v) is 14.5. The molecule has 0 aliphatic carbocycles. The molecule has 47 heavy (non-hydrogen) atoms. The van der Waals surface area contributed by atoms with Gasteiger partial charge in [0, 0.05) is 0 Å². The third-order valence-corrected chi connectivity index (χ3v) is 9.09. The minimum atomic E-state index is -1.05. The Hall–Kier alpha value is -6.56. The van der Waals surface area contributed by atoms with E-state index in [1.165, 1.54) is 13.8 Å². The summed E-state index contributed by atoms with van der Waals surface area (Å²) in [6.45, 7) is 2.88. The number of hydrogen-bond donors (Lipinski definition) is 1. The molecule has 0 unspecified atom stereocenters. The van der Waals surface area contributed by atoms with E-state index in [4.69, 9.17) is 0 Å². The predicted octanol–water partition coefficient (Wildman–Crippen LogP) is 1.23. The van der Waals surface area contributed by atoms with Crippen molar-refractivity contribution >= 4 is 43.1 Å². The maximum atomic E-state index is 14.2. The quantitative estimate of drug-likeness (QED) is 0.305. The number of H-pyrrole nitrogens is 1. The smallest absolute Gasteiger partial charge is 0.281 e. The highest BCUT2D eigenvalue weighted by Crippen LogP contribution is 2.29. The number of benzene rings is 4. The van der Waals surface area contributed by atoms with Gasteiger partial charge in [0.2, 0.25) is 0 Å². The molecule has 0 amide bonds. The summed E-state index contributed by atoms with van der Waals surface area (Å²) < 4.78 is 1.88. The van der Waals surface area contributed by atoms with E-state index in [9.17, 15) is 38.4 Å². The normalized spacial score (nSPS) is 12.1. The van der Waals surface area contributed by atoms with Crippen molar-refractivity contribution in [3.05, 3.63) is 178 Å². The monoisotopic (exact) mass is 624 g/mol. The minimum Gasteiger partial charge on any atom is -0.288 e. The fraction of sp³-hybridized carbons (Fsp3) is 0.0857. The number of nitrogens with zero attached hydrogens (tertiary/aromatic N) is 3. The van der Waals surface area contributed by atoms with Crippen LogP contribution in [0.1, 0.15) is 28.3 Å². The summed E-state index contributed by atoms with van der Waals surface area (Å²) in [6.07, 6.45) is 0. The van der Waals surface area contributed by atoms with Crippen LogP contribution in [0.2, 0.25) is 0 Å². The van der Waals surface area contributed by atoms with Crippen LogP contribution in [0.25, 0.3) is 43.1 Å². The second-order valence-corrected chi connectivity index (χ2v) is 11.5. The van der Waals surface area contributed by atoms with E-state index >= 15 is 0 Å². The first-order valence-electron chi connectivity index (χ1n) is 14.5. The van der Waals surface area contributed by atoms with E-state index in [1.807, 2.05) is 12.1 Å². The van der Waals surface area contributed by atoms with Crippen molar-refractivity contribution in [1.82, 2.24) is 18.9 Å². The van der Waals surface area contributed by atoms with Gasteiger partial charge in [0.1, 0.15) is 0 Å². The van der Waals surface area contributed by atoms with Crippen LogP contribution in [0, 0.1) is 13.8 Å². The zero-order chi connectivity index (χ0) is 33.0. The van der Waals surface area contributed by atoms with Crippen molar-refractivity contribution in [2.75, 3.05) is 0 Å². The highest BCUT2D eigenvalue weighted by molar-refractivity contribution is 6.05. The maximum Gasteiger partial charge on any atom is 0.281 e. The van der Waals surface area contributed by atoms with Crippen LogP contribution in [0.3, 0.4) is 0 Å². The van der Waals surface area contributed by atoms with E-state index in [-0.39, 0.29) is 54.2 Å². The number of hydrogen-bond acceptors (Lipinski definition) is 8. The molecule has 1 N–H and O–H groups in total. The summed E-state index contributed by atoms with van der Waals surface area (Å²) in [4.78, 5) is 110. The number of rotatable bonds is 4. The first kappa shape index (κ1) is 28.0. The van der Waals surface area contributed by atoms with Crippen LogP contribution < -0.4 is 44.5 Å². The lowest BCUT2D eigenvalue weighted by Crippen LogP contribution is -2.43. The van der Waals surface area contributed by atoms with Gasteiger partial charge in [-0.3, -0.25) is 47.9 Å². The highest BCUT2D eigenvalue weighted by atomic mass is 16.2. The van der Waals surface area contributed by atoms with Crippen molar-refractivity contribution in [3.8, 4) is 0 Å². The molecule has 0 saturated carbocycles. The predicted molar refractivity (Wildman–Crippen MR) is 177 cm³/mol. The van der Waals surface area contributed by atoms with Crippen molar-refractivity contribution in [2.45, 2.75) is 19.9 Å². The molecule has 4 aromatic heterocycles. The van der Waals surface area contributed by atoms with Gasteiger partial charge in [0.05, 0.1) is 49.1 Å². The highest BCUT2D eigenvalue weighted by Gasteiger charge is 2.31. The number of aromatic amines is 1. The molecule has 4 aromatic carbocycles. The molecule has 0 atom stereocenters. The number of fused-ring (bicyclic) bond motifs is 4. The lowest BCUT2D eigenvalue weighted by atomic mass is 9.98. The standard InChI is InChI=1S/C35H20N4O8/c1-15-23-24(33(45)37(32(23)44)27(17-9-5-3-6-10-17)18-11-7-4-8-12-18)16(2)26-25(15)34(46)39(35(26)47)38-30(42)21-13-19-20(14-22(21)31(38)43)29(41)36-28(19)40/h3-14,27H,1-2H3,(H,36,40,41). The summed E-state index contributed by atoms with van der Waals surface area (Å²) in [5, 5.41) is -1.28. The van der Waals surface area contributed by atoms with Gasteiger partial charge >= 0.3 is 0 Å². The van der Waals surface area contributed by atoms with Gasteiger partial charge in [-0.1, -0.05) is 60.7 Å². The largest absolute Gasteiger partial charge is 0.288 e. The summed E-state index contributed by atoms with van der Waals surface area (Å²) in [6, 6.07) is 19.3. The zero-order valence-electron chi connectivity index (χ0n) is 24.6. The third-order valence-electron chi connectivity index (χ3n) is 9.09. The van der Waals surface area contributed by atoms with Gasteiger partial charge < -0.3 is 0 Å². The molecule has 12 nitrogen and oxygen atoms in total. The molecule has 228 valence electrons. The fourth-order valence-corrected chi connectivity index (χ4v) is 6.95. The lowest BCUT2D eigenvalue weighted by molar-refractivity contribution is 0.594. The minimum absolute atomic E-state index is 0.0468. The summed E-state index contributed by atoms with van der Waals surface area (Å²) in [7, 11) is 0. The van der Waals surface area contributed by atoms with E-state index in [1.54, 1.807) is 48.5 Å². The Labute approximate surface area is 259 Å². The molecule has 0 spiro atoms. The van der Waals surface area contributed by atoms with Gasteiger partial charge in [-0.05, 0) is 48.2 Å². The van der Waals surface area contributed by atoms with Gasteiger partial charge in [-0.15, -0.1) is 0 Å². The number of aromatic nitrogens is 4. The molecule has 8 aromatic rings.